The third-order valence-corrected chi connectivity index (χ3v) is 5.13. The summed E-state index contributed by atoms with van der Waals surface area (Å²) in [7, 11) is 0. The number of allylic oxidation sites excluding steroid dienone is 2. The Morgan fingerprint density at radius 3 is 2.77 bits per heavy atom. The highest BCUT2D eigenvalue weighted by atomic mass is 18.2. The quantitative estimate of drug-likeness (QED) is 0.346. The molecule has 2 heterocycles. The summed E-state index contributed by atoms with van der Waals surface area (Å²) in [6, 6.07) is 12.6. The molecule has 0 aromatic heterocycles. The third kappa shape index (κ3) is 4.71. The largest absolute Gasteiger partial charge is 0.490 e. The van der Waals surface area contributed by atoms with Gasteiger partial charge < -0.3 is 9.64 Å². The summed E-state index contributed by atoms with van der Waals surface area (Å²) >= 11 is 0. The van der Waals surface area contributed by atoms with E-state index in [2.05, 4.69) is 36.2 Å². The van der Waals surface area contributed by atoms with Gasteiger partial charge in [0.1, 0.15) is 24.9 Å². The first-order valence-electron chi connectivity index (χ1n) is 10.00. The van der Waals surface area contributed by atoms with E-state index >= 15 is 0 Å². The number of hydrogen-bond acceptors (Lipinski definition) is 5. The zero-order chi connectivity index (χ0) is 21.8. The normalized spacial score (nSPS) is 17.5. The zero-order valence-corrected chi connectivity index (χ0v) is 17.1. The average Bonchev–Trinajstić information content (AvgIpc) is 3.20. The Kier molecular flexibility index (Phi) is 5.93. The van der Waals surface area contributed by atoms with Gasteiger partial charge in [0.15, 0.2) is 0 Å². The fraction of sp³-hybridized carbons (Fsp3) is 0.208. The molecule has 7 heteroatoms. The number of amidine groups is 1. The lowest BCUT2D eigenvalue weighted by Crippen LogP contribution is -2.23. The van der Waals surface area contributed by atoms with E-state index in [0.717, 1.165) is 23.5 Å². The van der Waals surface area contributed by atoms with E-state index in [4.69, 9.17) is 9.73 Å². The molecule has 2 aromatic rings. The number of non-ortho nitro benzene ring substituents is 1. The topological polar surface area (TPSA) is 68.0 Å². The SMILES string of the molecule is CC1=CN2CC(c3ccc(/C=C/c4ccc([N+](=O)[O-])cc4OCC[18F])cc3)N=C2C=C1. The van der Waals surface area contributed by atoms with Gasteiger partial charge in [-0.15, -0.1) is 0 Å². The summed E-state index contributed by atoms with van der Waals surface area (Å²) in [5, 5.41) is 11.0. The third-order valence-electron chi connectivity index (χ3n) is 5.13. The molecule has 2 aliphatic heterocycles. The summed E-state index contributed by atoms with van der Waals surface area (Å²) in [6.45, 7) is 2.08. The van der Waals surface area contributed by atoms with Gasteiger partial charge in [0.05, 0.1) is 23.6 Å². The predicted molar refractivity (Wildman–Crippen MR) is 120 cm³/mol. The first kappa shape index (κ1) is 20.5. The van der Waals surface area contributed by atoms with E-state index in [1.165, 1.54) is 17.7 Å². The second-order valence-corrected chi connectivity index (χ2v) is 7.38. The molecule has 0 bridgehead atoms. The minimum absolute atomic E-state index is 0.0928. The number of nitro benzene ring substituents is 1. The van der Waals surface area contributed by atoms with Crippen LogP contribution in [0.2, 0.25) is 0 Å². The molecule has 1 atom stereocenters. The van der Waals surface area contributed by atoms with Crippen LogP contribution < -0.4 is 4.74 Å². The molecule has 0 N–H and O–H groups in total. The number of benzene rings is 2. The van der Waals surface area contributed by atoms with Gasteiger partial charge in [0.2, 0.25) is 0 Å². The second-order valence-electron chi connectivity index (χ2n) is 7.38. The molecule has 1 unspecified atom stereocenters. The number of hydrogen-bond donors (Lipinski definition) is 0. The van der Waals surface area contributed by atoms with Crippen LogP contribution in [0.15, 0.2) is 71.4 Å². The monoisotopic (exact) mass is 418 g/mol. The Morgan fingerprint density at radius 2 is 2.03 bits per heavy atom. The molecule has 2 aliphatic rings. The van der Waals surface area contributed by atoms with E-state index in [1.807, 2.05) is 24.3 Å². The van der Waals surface area contributed by atoms with Crippen LogP contribution in [0.1, 0.15) is 29.7 Å². The van der Waals surface area contributed by atoms with E-state index < -0.39 is 11.6 Å². The molecule has 6 nitrogen and oxygen atoms in total. The molecule has 2 aromatic carbocycles. The van der Waals surface area contributed by atoms with Gasteiger partial charge in [-0.3, -0.25) is 15.1 Å². The number of rotatable bonds is 7. The molecule has 0 saturated carbocycles. The highest BCUT2D eigenvalue weighted by Gasteiger charge is 2.24. The van der Waals surface area contributed by atoms with Crippen molar-refractivity contribution in [3.63, 3.8) is 0 Å². The van der Waals surface area contributed by atoms with Crippen molar-refractivity contribution in [2.45, 2.75) is 13.0 Å². The number of aliphatic imine (C=N–C) groups is 1. The molecule has 158 valence electrons. The van der Waals surface area contributed by atoms with Crippen LogP contribution in [0.5, 0.6) is 5.75 Å². The Labute approximate surface area is 179 Å². The van der Waals surface area contributed by atoms with Crippen LogP contribution in [-0.4, -0.2) is 35.5 Å². The number of alkyl halides is 1. The Bertz CT molecular complexity index is 1100. The lowest BCUT2D eigenvalue weighted by Gasteiger charge is -2.18. The summed E-state index contributed by atoms with van der Waals surface area (Å²) in [6.07, 6.45) is 9.92. The van der Waals surface area contributed by atoms with Crippen molar-refractivity contribution < 1.29 is 14.1 Å². The fourth-order valence-corrected chi connectivity index (χ4v) is 3.55. The second kappa shape index (κ2) is 8.95. The van der Waals surface area contributed by atoms with Crippen molar-refractivity contribution in [2.75, 3.05) is 19.8 Å². The van der Waals surface area contributed by atoms with Gasteiger partial charge >= 0.3 is 0 Å². The summed E-state index contributed by atoms with van der Waals surface area (Å²) in [4.78, 5) is 17.5. The first-order chi connectivity index (χ1) is 15.0. The van der Waals surface area contributed by atoms with Crippen LogP contribution in [0.25, 0.3) is 12.2 Å². The number of nitrogens with zero attached hydrogens (tertiary/aromatic N) is 3. The molecule has 0 amide bonds. The molecule has 31 heavy (non-hydrogen) atoms. The number of nitro groups is 1. The van der Waals surface area contributed by atoms with E-state index in [1.54, 1.807) is 12.1 Å². The van der Waals surface area contributed by atoms with Crippen molar-refractivity contribution in [3.05, 3.63) is 93.2 Å². The predicted octanol–water partition coefficient (Wildman–Crippen LogP) is 5.34. The maximum atomic E-state index is 12.5. The molecule has 0 spiro atoms. The summed E-state index contributed by atoms with van der Waals surface area (Å²) < 4.78 is 17.9. The Hall–Kier alpha value is -3.74. The highest BCUT2D eigenvalue weighted by Crippen LogP contribution is 2.29. The average molecular weight is 418 g/mol. The minimum Gasteiger partial charge on any atom is -0.490 e. The van der Waals surface area contributed by atoms with Crippen LogP contribution in [0.4, 0.5) is 10.1 Å². The van der Waals surface area contributed by atoms with Gasteiger partial charge in [0.25, 0.3) is 5.69 Å². The first-order valence-corrected chi connectivity index (χ1v) is 10.00. The number of ether oxygens (including phenoxy) is 1. The van der Waals surface area contributed by atoms with Gasteiger partial charge in [-0.05, 0) is 35.8 Å². The van der Waals surface area contributed by atoms with Gasteiger partial charge in [0, 0.05) is 17.8 Å². The smallest absolute Gasteiger partial charge is 0.273 e. The number of halogens is 1. The van der Waals surface area contributed by atoms with Gasteiger partial charge in [-0.25, -0.2) is 4.39 Å². The van der Waals surface area contributed by atoms with Crippen molar-refractivity contribution in [3.8, 4) is 5.75 Å². The molecule has 0 aliphatic carbocycles. The van der Waals surface area contributed by atoms with Crippen LogP contribution >= 0.6 is 0 Å². The lowest BCUT2D eigenvalue weighted by molar-refractivity contribution is -0.384. The van der Waals surface area contributed by atoms with Gasteiger partial charge in [-0.1, -0.05) is 42.5 Å². The Balaban J connectivity index is 1.49. The van der Waals surface area contributed by atoms with Crippen molar-refractivity contribution in [2.24, 2.45) is 4.99 Å². The van der Waals surface area contributed by atoms with Gasteiger partial charge in [-0.2, -0.15) is 0 Å². The van der Waals surface area contributed by atoms with Crippen LogP contribution in [-0.2, 0) is 0 Å². The molecule has 0 fully saturated rings. The summed E-state index contributed by atoms with van der Waals surface area (Å²) in [5.41, 5.74) is 3.88. The van der Waals surface area contributed by atoms with Crippen molar-refractivity contribution in [1.29, 1.82) is 0 Å². The van der Waals surface area contributed by atoms with E-state index in [0.29, 0.717) is 5.56 Å². The van der Waals surface area contributed by atoms with Crippen LogP contribution in [0.3, 0.4) is 0 Å². The van der Waals surface area contributed by atoms with E-state index in [9.17, 15) is 14.5 Å². The molecule has 0 radical (unpaired) electrons. The summed E-state index contributed by atoms with van der Waals surface area (Å²) in [5.74, 6) is 1.27. The standard InChI is InChI=1S/C24H22FN3O3/c1-17-2-11-24-26-22(16-27(24)15-17)19-6-3-18(4-7-19)5-8-20-9-10-21(28(29)30)14-23(20)31-13-12-25/h2-11,14-15,22H,12-13,16H2,1H3/b8-5+/i25-1. The van der Waals surface area contributed by atoms with Crippen LogP contribution in [0, 0.1) is 10.1 Å². The zero-order valence-electron chi connectivity index (χ0n) is 17.1. The van der Waals surface area contributed by atoms with Crippen molar-refractivity contribution >= 4 is 23.7 Å². The molecular formula is C24H22FN3O3. The maximum absolute atomic E-state index is 12.5. The lowest BCUT2D eigenvalue weighted by atomic mass is 10.0. The van der Waals surface area contributed by atoms with E-state index in [-0.39, 0.29) is 24.1 Å². The maximum Gasteiger partial charge on any atom is 0.273 e. The van der Waals surface area contributed by atoms with Crippen molar-refractivity contribution in [1.82, 2.24) is 4.90 Å². The minimum atomic E-state index is -0.665. The molecular weight excluding hydrogens is 396 g/mol. The number of fused-ring (bicyclic) bond motifs is 1. The molecule has 4 rings (SSSR count). The fourth-order valence-electron chi connectivity index (χ4n) is 3.55. The molecule has 0 saturated heterocycles. The highest BCUT2D eigenvalue weighted by molar-refractivity contribution is 5.96. The Morgan fingerprint density at radius 1 is 1.23 bits per heavy atom.